The number of ether oxygens (including phenoxy) is 1. The van der Waals surface area contributed by atoms with E-state index in [9.17, 15) is 9.59 Å². The van der Waals surface area contributed by atoms with E-state index in [1.54, 1.807) is 7.11 Å². The number of nitrogens with one attached hydrogen (secondary N) is 2. The van der Waals surface area contributed by atoms with Crippen LogP contribution in [0.1, 0.15) is 40.2 Å². The number of nitrogens with zero attached hydrogens (tertiary/aromatic N) is 1. The highest BCUT2D eigenvalue weighted by atomic mass is 16.5. The van der Waals surface area contributed by atoms with Gasteiger partial charge in [-0.3, -0.25) is 4.79 Å². The van der Waals surface area contributed by atoms with E-state index in [0.29, 0.717) is 0 Å². The topological polar surface area (TPSA) is 104 Å². The van der Waals surface area contributed by atoms with Gasteiger partial charge in [-0.1, -0.05) is 0 Å². The van der Waals surface area contributed by atoms with Crippen LogP contribution < -0.4 is 5.32 Å². The van der Waals surface area contributed by atoms with Crippen LogP contribution in [0.15, 0.2) is 6.33 Å². The van der Waals surface area contributed by atoms with E-state index in [4.69, 9.17) is 9.84 Å². The molecular formula is C11H15N3O4. The second-order valence-corrected chi connectivity index (χ2v) is 4.22. The second kappa shape index (κ2) is 5.18. The summed E-state index contributed by atoms with van der Waals surface area (Å²) in [7, 11) is 1.60. The molecule has 0 saturated heterocycles. The molecule has 1 amide bonds. The van der Waals surface area contributed by atoms with E-state index in [1.807, 2.05) is 0 Å². The molecule has 1 fully saturated rings. The van der Waals surface area contributed by atoms with Crippen molar-refractivity contribution >= 4 is 11.9 Å². The molecule has 2 unspecified atom stereocenters. The van der Waals surface area contributed by atoms with Gasteiger partial charge in [0.25, 0.3) is 5.91 Å². The number of H-pyrrole nitrogens is 1. The Kier molecular flexibility index (Phi) is 3.61. The number of hydrogen-bond donors (Lipinski definition) is 3. The average Bonchev–Trinajstić information content (AvgIpc) is 2.96. The Morgan fingerprint density at radius 1 is 1.56 bits per heavy atom. The van der Waals surface area contributed by atoms with Gasteiger partial charge in [-0.15, -0.1) is 0 Å². The number of rotatable bonds is 4. The summed E-state index contributed by atoms with van der Waals surface area (Å²) in [6.45, 7) is 0. The number of imidazole rings is 1. The van der Waals surface area contributed by atoms with Crippen LogP contribution >= 0.6 is 0 Å². The molecule has 2 atom stereocenters. The van der Waals surface area contributed by atoms with E-state index in [1.165, 1.54) is 6.33 Å². The molecule has 98 valence electrons. The molecule has 7 heteroatoms. The van der Waals surface area contributed by atoms with Gasteiger partial charge >= 0.3 is 5.97 Å². The van der Waals surface area contributed by atoms with Gasteiger partial charge < -0.3 is 20.1 Å². The predicted octanol–water partition coefficient (Wildman–Crippen LogP) is 0.405. The Morgan fingerprint density at radius 2 is 2.33 bits per heavy atom. The monoisotopic (exact) mass is 253 g/mol. The van der Waals surface area contributed by atoms with E-state index in [2.05, 4.69) is 15.3 Å². The quantitative estimate of drug-likeness (QED) is 0.720. The molecule has 0 aliphatic heterocycles. The summed E-state index contributed by atoms with van der Waals surface area (Å²) >= 11 is 0. The maximum absolute atomic E-state index is 11.9. The summed E-state index contributed by atoms with van der Waals surface area (Å²) < 4.78 is 5.26. The van der Waals surface area contributed by atoms with Crippen LogP contribution in [-0.2, 0) is 4.74 Å². The maximum Gasteiger partial charge on any atom is 0.354 e. The van der Waals surface area contributed by atoms with Crippen molar-refractivity contribution in [2.24, 2.45) is 0 Å². The lowest BCUT2D eigenvalue weighted by molar-refractivity contribution is 0.0672. The molecule has 1 aliphatic rings. The van der Waals surface area contributed by atoms with E-state index >= 15 is 0 Å². The van der Waals surface area contributed by atoms with Crippen LogP contribution in [0.5, 0.6) is 0 Å². The fourth-order valence-electron chi connectivity index (χ4n) is 2.24. The number of carboxylic acid groups (broad SMARTS) is 1. The summed E-state index contributed by atoms with van der Waals surface area (Å²) in [5.74, 6) is -1.69. The lowest BCUT2D eigenvalue weighted by atomic mass is 10.2. The molecule has 1 aromatic rings. The highest BCUT2D eigenvalue weighted by molar-refractivity contribution is 6.02. The summed E-state index contributed by atoms with van der Waals surface area (Å²) in [6.07, 6.45) is 3.89. The Hall–Kier alpha value is -1.89. The minimum Gasteiger partial charge on any atom is -0.477 e. The first kappa shape index (κ1) is 12.6. The lowest BCUT2D eigenvalue weighted by Gasteiger charge is -2.19. The first-order valence-corrected chi connectivity index (χ1v) is 5.73. The van der Waals surface area contributed by atoms with Crippen LogP contribution in [0.2, 0.25) is 0 Å². The molecule has 0 radical (unpaired) electrons. The summed E-state index contributed by atoms with van der Waals surface area (Å²) in [5, 5.41) is 11.7. The third kappa shape index (κ3) is 2.35. The van der Waals surface area contributed by atoms with E-state index < -0.39 is 11.9 Å². The number of carbonyl (C=O) groups is 2. The Bertz CT molecular complexity index is 457. The van der Waals surface area contributed by atoms with Crippen LogP contribution in [0, 0.1) is 0 Å². The van der Waals surface area contributed by atoms with Gasteiger partial charge in [0, 0.05) is 7.11 Å². The summed E-state index contributed by atoms with van der Waals surface area (Å²) in [6, 6.07) is -0.0826. The van der Waals surface area contributed by atoms with Gasteiger partial charge in [0.15, 0.2) is 11.4 Å². The first-order valence-electron chi connectivity index (χ1n) is 5.73. The van der Waals surface area contributed by atoms with Crippen molar-refractivity contribution in [3.8, 4) is 0 Å². The molecule has 1 saturated carbocycles. The number of carbonyl (C=O) groups excluding carboxylic acids is 1. The molecule has 1 aromatic heterocycles. The Morgan fingerprint density at radius 3 is 3.00 bits per heavy atom. The van der Waals surface area contributed by atoms with Gasteiger partial charge in [0.1, 0.15) is 0 Å². The molecule has 0 bridgehead atoms. The lowest BCUT2D eigenvalue weighted by Crippen LogP contribution is -2.41. The normalized spacial score (nSPS) is 22.9. The number of carboxylic acids is 1. The number of amides is 1. The number of aromatic nitrogens is 2. The second-order valence-electron chi connectivity index (χ2n) is 4.22. The van der Waals surface area contributed by atoms with Crippen LogP contribution in [0.3, 0.4) is 0 Å². The predicted molar refractivity (Wildman–Crippen MR) is 61.4 cm³/mol. The third-order valence-electron chi connectivity index (χ3n) is 3.14. The highest BCUT2D eigenvalue weighted by Crippen LogP contribution is 2.21. The zero-order chi connectivity index (χ0) is 13.1. The minimum atomic E-state index is -1.20. The smallest absolute Gasteiger partial charge is 0.354 e. The fraction of sp³-hybridized carbons (Fsp3) is 0.545. The number of aromatic carboxylic acids is 1. The van der Waals surface area contributed by atoms with Crippen molar-refractivity contribution in [1.29, 1.82) is 0 Å². The van der Waals surface area contributed by atoms with Crippen molar-refractivity contribution in [2.75, 3.05) is 7.11 Å². The summed E-state index contributed by atoms with van der Waals surface area (Å²) in [4.78, 5) is 29.0. The van der Waals surface area contributed by atoms with Crippen molar-refractivity contribution in [3.63, 3.8) is 0 Å². The van der Waals surface area contributed by atoms with Gasteiger partial charge in [-0.25, -0.2) is 9.78 Å². The third-order valence-corrected chi connectivity index (χ3v) is 3.14. The van der Waals surface area contributed by atoms with Gasteiger partial charge in [0.2, 0.25) is 0 Å². The van der Waals surface area contributed by atoms with E-state index in [0.717, 1.165) is 19.3 Å². The van der Waals surface area contributed by atoms with Crippen LogP contribution in [0.4, 0.5) is 0 Å². The molecule has 18 heavy (non-hydrogen) atoms. The molecule has 0 aromatic carbocycles. The number of hydrogen-bond acceptors (Lipinski definition) is 4. The van der Waals surface area contributed by atoms with Gasteiger partial charge in [0.05, 0.1) is 18.5 Å². The maximum atomic E-state index is 11.9. The van der Waals surface area contributed by atoms with Crippen molar-refractivity contribution in [1.82, 2.24) is 15.3 Å². The van der Waals surface area contributed by atoms with Crippen molar-refractivity contribution in [3.05, 3.63) is 17.7 Å². The zero-order valence-corrected chi connectivity index (χ0v) is 9.97. The average molecular weight is 253 g/mol. The standard InChI is InChI=1S/C11H15N3O4/c1-18-7-4-2-3-6(7)14-10(15)8-9(11(16)17)13-5-12-8/h5-7H,2-4H2,1H3,(H,12,13)(H,14,15)(H,16,17). The molecule has 1 aliphatic carbocycles. The van der Waals surface area contributed by atoms with Gasteiger partial charge in [-0.05, 0) is 19.3 Å². The zero-order valence-electron chi connectivity index (χ0n) is 9.97. The Labute approximate surface area is 104 Å². The summed E-state index contributed by atoms with van der Waals surface area (Å²) in [5.41, 5.74) is -0.288. The van der Waals surface area contributed by atoms with Crippen molar-refractivity contribution < 1.29 is 19.4 Å². The van der Waals surface area contributed by atoms with Crippen molar-refractivity contribution in [2.45, 2.75) is 31.4 Å². The number of methoxy groups -OCH3 is 1. The highest BCUT2D eigenvalue weighted by Gasteiger charge is 2.30. The van der Waals surface area contributed by atoms with Crippen LogP contribution in [-0.4, -0.2) is 46.2 Å². The first-order chi connectivity index (χ1) is 8.63. The van der Waals surface area contributed by atoms with Crippen LogP contribution in [0.25, 0.3) is 0 Å². The fourth-order valence-corrected chi connectivity index (χ4v) is 2.24. The largest absolute Gasteiger partial charge is 0.477 e. The molecule has 3 N–H and O–H groups in total. The van der Waals surface area contributed by atoms with Gasteiger partial charge in [-0.2, -0.15) is 0 Å². The number of aromatic amines is 1. The molecular weight excluding hydrogens is 238 g/mol. The molecule has 2 rings (SSSR count). The SMILES string of the molecule is COC1CCCC1NC(=O)c1nc[nH]c1C(=O)O. The Balaban J connectivity index is 2.07. The molecule has 0 spiro atoms. The minimum absolute atomic E-state index is 0.0128. The molecule has 7 nitrogen and oxygen atoms in total. The molecule has 1 heterocycles. The van der Waals surface area contributed by atoms with E-state index in [-0.39, 0.29) is 23.5 Å².